The molecule has 3 rings (SSSR count). The quantitative estimate of drug-likeness (QED) is 0.657. The second-order valence-corrected chi connectivity index (χ2v) is 6.47. The summed E-state index contributed by atoms with van der Waals surface area (Å²) >= 11 is 6.03. The summed E-state index contributed by atoms with van der Waals surface area (Å²) in [5.74, 6) is -0.114. The molecule has 3 N–H and O–H groups in total. The summed E-state index contributed by atoms with van der Waals surface area (Å²) in [7, 11) is 0. The summed E-state index contributed by atoms with van der Waals surface area (Å²) < 4.78 is 0. The largest absolute Gasteiger partial charge is 0.326 e. The number of nitrogens with zero attached hydrogens (tertiary/aromatic N) is 1. The van der Waals surface area contributed by atoms with Crippen LogP contribution in [0.2, 0.25) is 5.15 Å². The number of anilines is 1. The normalized spacial score (nSPS) is 12.0. The number of rotatable bonds is 6. The Kier molecular flexibility index (Phi) is 6.00. The van der Waals surface area contributed by atoms with Crippen molar-refractivity contribution in [3.8, 4) is 0 Å². The summed E-state index contributed by atoms with van der Waals surface area (Å²) in [5.41, 5.74) is 2.82. The number of carbonyl (C=O) groups is 1. The van der Waals surface area contributed by atoms with Crippen LogP contribution in [0.1, 0.15) is 24.1 Å². The molecular formula is C21H21ClN3O+. The van der Waals surface area contributed by atoms with Crippen LogP contribution in [-0.2, 0) is 4.79 Å². The van der Waals surface area contributed by atoms with E-state index in [2.05, 4.69) is 39.9 Å². The smallest absolute Gasteiger partial charge is 0.282 e. The molecular weight excluding hydrogens is 346 g/mol. The fourth-order valence-electron chi connectivity index (χ4n) is 2.84. The molecule has 132 valence electrons. The van der Waals surface area contributed by atoms with Gasteiger partial charge >= 0.3 is 0 Å². The Morgan fingerprint density at radius 2 is 1.54 bits per heavy atom. The highest BCUT2D eigenvalue weighted by atomic mass is 35.5. The van der Waals surface area contributed by atoms with Gasteiger partial charge in [-0.05, 0) is 19.1 Å². The van der Waals surface area contributed by atoms with Gasteiger partial charge < -0.3 is 10.6 Å². The van der Waals surface area contributed by atoms with Crippen LogP contribution >= 0.6 is 11.6 Å². The van der Waals surface area contributed by atoms with Crippen LogP contribution in [0.3, 0.4) is 0 Å². The number of halogens is 1. The van der Waals surface area contributed by atoms with Gasteiger partial charge in [0.1, 0.15) is 6.04 Å². The van der Waals surface area contributed by atoms with E-state index in [1.54, 1.807) is 18.3 Å². The van der Waals surface area contributed by atoms with E-state index in [0.29, 0.717) is 5.69 Å². The summed E-state index contributed by atoms with van der Waals surface area (Å²) in [4.78, 5) is 16.6. The molecule has 0 aliphatic carbocycles. The minimum Gasteiger partial charge on any atom is -0.326 e. The first kappa shape index (κ1) is 18.1. The molecule has 0 spiro atoms. The van der Waals surface area contributed by atoms with Gasteiger partial charge in [-0.1, -0.05) is 72.3 Å². The first-order valence-electron chi connectivity index (χ1n) is 8.51. The molecule has 4 nitrogen and oxygen atoms in total. The number of hydrogen-bond acceptors (Lipinski definition) is 2. The predicted molar refractivity (Wildman–Crippen MR) is 104 cm³/mol. The average molecular weight is 367 g/mol. The molecule has 0 fully saturated rings. The number of nitrogens with one attached hydrogen (secondary N) is 1. The second-order valence-electron chi connectivity index (χ2n) is 6.11. The number of amides is 1. The molecule has 26 heavy (non-hydrogen) atoms. The lowest BCUT2D eigenvalue weighted by atomic mass is 9.98. The maximum Gasteiger partial charge on any atom is 0.282 e. The van der Waals surface area contributed by atoms with Crippen molar-refractivity contribution < 1.29 is 10.1 Å². The van der Waals surface area contributed by atoms with E-state index in [4.69, 9.17) is 11.6 Å². The van der Waals surface area contributed by atoms with Crippen molar-refractivity contribution in [2.24, 2.45) is 0 Å². The third-order valence-corrected chi connectivity index (χ3v) is 4.53. The lowest BCUT2D eigenvalue weighted by Crippen LogP contribution is -2.92. The molecule has 5 heteroatoms. The van der Waals surface area contributed by atoms with Gasteiger partial charge in [0, 0.05) is 17.3 Å². The number of hydrogen-bond donors (Lipinski definition) is 2. The maximum atomic E-state index is 12.6. The molecule has 1 heterocycles. The van der Waals surface area contributed by atoms with Gasteiger partial charge in [0.25, 0.3) is 5.91 Å². The van der Waals surface area contributed by atoms with Crippen molar-refractivity contribution in [3.63, 3.8) is 0 Å². The third kappa shape index (κ3) is 4.48. The summed E-state index contributed by atoms with van der Waals surface area (Å²) in [6, 6.07) is 23.6. The van der Waals surface area contributed by atoms with Gasteiger partial charge in [-0.15, -0.1) is 0 Å². The third-order valence-electron chi connectivity index (χ3n) is 4.23. The van der Waals surface area contributed by atoms with Gasteiger partial charge in [-0.25, -0.2) is 4.98 Å². The lowest BCUT2D eigenvalue weighted by Gasteiger charge is -2.20. The first-order valence-corrected chi connectivity index (χ1v) is 8.89. The Labute approximate surface area is 158 Å². The molecule has 3 aromatic rings. The van der Waals surface area contributed by atoms with E-state index in [1.807, 2.05) is 43.3 Å². The highest BCUT2D eigenvalue weighted by Crippen LogP contribution is 2.19. The number of pyridine rings is 1. The van der Waals surface area contributed by atoms with Crippen molar-refractivity contribution in [3.05, 3.63) is 95.3 Å². The van der Waals surface area contributed by atoms with E-state index in [1.165, 1.54) is 0 Å². The highest BCUT2D eigenvalue weighted by Gasteiger charge is 2.25. The van der Waals surface area contributed by atoms with Crippen LogP contribution in [0.15, 0.2) is 79.0 Å². The van der Waals surface area contributed by atoms with Gasteiger partial charge in [0.05, 0.1) is 5.69 Å². The van der Waals surface area contributed by atoms with Gasteiger partial charge in [-0.3, -0.25) is 4.79 Å². The molecule has 0 unspecified atom stereocenters. The monoisotopic (exact) mass is 366 g/mol. The maximum absolute atomic E-state index is 12.6. The van der Waals surface area contributed by atoms with Crippen molar-refractivity contribution in [2.45, 2.75) is 19.0 Å². The Morgan fingerprint density at radius 3 is 2.08 bits per heavy atom. The topological polar surface area (TPSA) is 58.6 Å². The zero-order valence-electron chi connectivity index (χ0n) is 14.5. The van der Waals surface area contributed by atoms with Gasteiger partial charge in [0.2, 0.25) is 0 Å². The first-order chi connectivity index (χ1) is 12.6. The summed E-state index contributed by atoms with van der Waals surface area (Å²) in [6.07, 6.45) is 1.59. The van der Waals surface area contributed by atoms with E-state index >= 15 is 0 Å². The molecule has 1 atom stereocenters. The van der Waals surface area contributed by atoms with E-state index in [0.717, 1.165) is 11.1 Å². The van der Waals surface area contributed by atoms with Crippen LogP contribution in [-0.4, -0.2) is 16.9 Å². The van der Waals surface area contributed by atoms with Crippen LogP contribution < -0.4 is 10.6 Å². The molecule has 0 radical (unpaired) electrons. The summed E-state index contributed by atoms with van der Waals surface area (Å²) in [5, 5.41) is 5.20. The van der Waals surface area contributed by atoms with Crippen molar-refractivity contribution >= 4 is 23.2 Å². The molecule has 0 saturated heterocycles. The van der Waals surface area contributed by atoms with Crippen LogP contribution in [0, 0.1) is 0 Å². The second kappa shape index (κ2) is 8.61. The van der Waals surface area contributed by atoms with Crippen LogP contribution in [0.5, 0.6) is 0 Å². The molecule has 0 saturated carbocycles. The zero-order chi connectivity index (χ0) is 18.4. The predicted octanol–water partition coefficient (Wildman–Crippen LogP) is 3.42. The Balaban J connectivity index is 1.78. The minimum absolute atomic E-state index is 0.0301. The Bertz CT molecular complexity index is 816. The van der Waals surface area contributed by atoms with Crippen LogP contribution in [0.25, 0.3) is 0 Å². The number of aromatic nitrogens is 1. The Hall–Kier alpha value is -2.69. The van der Waals surface area contributed by atoms with Gasteiger partial charge in [-0.2, -0.15) is 0 Å². The summed E-state index contributed by atoms with van der Waals surface area (Å²) in [6.45, 7) is 1.89. The molecule has 0 aliphatic heterocycles. The Morgan fingerprint density at radius 1 is 0.962 bits per heavy atom. The molecule has 2 aromatic carbocycles. The van der Waals surface area contributed by atoms with E-state index in [-0.39, 0.29) is 23.1 Å². The molecule has 0 bridgehead atoms. The number of benzene rings is 2. The van der Waals surface area contributed by atoms with E-state index in [9.17, 15) is 4.79 Å². The fourth-order valence-corrected chi connectivity index (χ4v) is 3.00. The SMILES string of the molecule is C[C@@H]([NH2+]C(c1ccccc1)c1ccccc1)C(=O)Nc1cccnc1Cl. The standard InChI is InChI=1S/C21H20ClN3O/c1-15(21(26)25-18-13-8-14-23-20(18)22)24-19(16-9-4-2-5-10-16)17-11-6-3-7-12-17/h2-15,19,24H,1H3,(H,25,26)/p+1/t15-/m1/s1. The minimum atomic E-state index is -0.309. The molecule has 1 aromatic heterocycles. The average Bonchev–Trinajstić information content (AvgIpc) is 2.69. The lowest BCUT2D eigenvalue weighted by molar-refractivity contribution is -0.704. The van der Waals surface area contributed by atoms with Crippen molar-refractivity contribution in [1.29, 1.82) is 0 Å². The fraction of sp³-hybridized carbons (Fsp3) is 0.143. The highest BCUT2D eigenvalue weighted by molar-refractivity contribution is 6.32. The van der Waals surface area contributed by atoms with Crippen LogP contribution in [0.4, 0.5) is 5.69 Å². The number of quaternary nitrogens is 1. The molecule has 0 aliphatic rings. The van der Waals surface area contributed by atoms with Crippen molar-refractivity contribution in [1.82, 2.24) is 4.98 Å². The molecule has 1 amide bonds. The van der Waals surface area contributed by atoms with Crippen molar-refractivity contribution in [2.75, 3.05) is 5.32 Å². The zero-order valence-corrected chi connectivity index (χ0v) is 15.2. The van der Waals surface area contributed by atoms with E-state index < -0.39 is 0 Å². The van der Waals surface area contributed by atoms with Gasteiger partial charge in [0.15, 0.2) is 11.2 Å². The number of carbonyl (C=O) groups excluding carboxylic acids is 1. The number of nitrogens with two attached hydrogens (primary N) is 1.